The van der Waals surface area contributed by atoms with Crippen LogP contribution in [0.15, 0.2) is 30.6 Å². The molecule has 1 unspecified atom stereocenters. The Morgan fingerprint density at radius 2 is 1.94 bits per heavy atom. The number of aryl methyl sites for hydroxylation is 2. The van der Waals surface area contributed by atoms with Crippen LogP contribution in [0.1, 0.15) is 33.7 Å². The van der Waals surface area contributed by atoms with Gasteiger partial charge in [0.05, 0.1) is 31.4 Å². The predicted octanol–water partition coefficient (Wildman–Crippen LogP) is 1.44. The minimum absolute atomic E-state index is 0.00753. The lowest BCUT2D eigenvalue weighted by molar-refractivity contribution is -0.121. The highest BCUT2D eigenvalue weighted by Gasteiger charge is 2.27. The lowest BCUT2D eigenvalue weighted by Gasteiger charge is -2.33. The minimum Gasteiger partial charge on any atom is -0.346 e. The van der Waals surface area contributed by atoms with Gasteiger partial charge < -0.3 is 5.32 Å². The maximum atomic E-state index is 14.5. The number of nitrogens with one attached hydrogen (secondary N) is 1. The second kappa shape index (κ2) is 11.4. The largest absolute Gasteiger partial charge is 0.346 e. The third-order valence-electron chi connectivity index (χ3n) is 5.75. The first-order valence-electron chi connectivity index (χ1n) is 11.6. The van der Waals surface area contributed by atoms with Crippen LogP contribution in [-0.4, -0.2) is 78.6 Å². The maximum Gasteiger partial charge on any atom is 0.273 e. The van der Waals surface area contributed by atoms with Crippen LogP contribution in [0, 0.1) is 12.7 Å². The fourth-order valence-corrected chi connectivity index (χ4v) is 3.84. The Morgan fingerprint density at radius 1 is 1.17 bits per heavy atom. The molecule has 4 rings (SSSR count). The molecule has 1 amide bonds. The van der Waals surface area contributed by atoms with Crippen molar-refractivity contribution >= 4 is 11.7 Å². The smallest absolute Gasteiger partial charge is 0.273 e. The Labute approximate surface area is 205 Å². The number of halogens is 3. The monoisotopic (exact) mass is 504 g/mol. The fraction of sp³-hybridized carbons (Fsp3) is 0.478. The highest BCUT2D eigenvalue weighted by atomic mass is 19.1. The first kappa shape index (κ1) is 25.5. The molecule has 1 saturated heterocycles. The van der Waals surface area contributed by atoms with Crippen LogP contribution in [0.25, 0.3) is 0 Å². The lowest BCUT2D eigenvalue weighted by atomic mass is 10.1. The van der Waals surface area contributed by atoms with Gasteiger partial charge >= 0.3 is 0 Å². The van der Waals surface area contributed by atoms with E-state index in [0.717, 1.165) is 5.56 Å². The summed E-state index contributed by atoms with van der Waals surface area (Å²) in [7, 11) is 0. The van der Waals surface area contributed by atoms with E-state index >= 15 is 0 Å². The van der Waals surface area contributed by atoms with Crippen molar-refractivity contribution in [3.63, 3.8) is 0 Å². The molecule has 1 aromatic carbocycles. The van der Waals surface area contributed by atoms with Gasteiger partial charge in [0.25, 0.3) is 5.91 Å². The Hall–Kier alpha value is -3.61. The molecular weight excluding hydrogens is 477 g/mol. The van der Waals surface area contributed by atoms with Crippen molar-refractivity contribution in [1.82, 2.24) is 40.2 Å². The van der Waals surface area contributed by atoms with E-state index in [1.54, 1.807) is 17.0 Å². The normalized spacial score (nSPS) is 15.0. The fourth-order valence-electron chi connectivity index (χ4n) is 3.84. The molecule has 2 aromatic heterocycles. The first-order chi connectivity index (χ1) is 17.2. The predicted molar refractivity (Wildman–Crippen MR) is 122 cm³/mol. The van der Waals surface area contributed by atoms with Gasteiger partial charge in [-0.05, 0) is 13.0 Å². The van der Waals surface area contributed by atoms with Crippen molar-refractivity contribution in [2.24, 2.45) is 0 Å². The maximum absolute atomic E-state index is 14.5. The van der Waals surface area contributed by atoms with E-state index in [-0.39, 0.29) is 63.6 Å². The van der Waals surface area contributed by atoms with Gasteiger partial charge in [0, 0.05) is 44.4 Å². The van der Waals surface area contributed by atoms with Crippen molar-refractivity contribution in [3.05, 3.63) is 58.9 Å². The van der Waals surface area contributed by atoms with Gasteiger partial charge in [0.1, 0.15) is 18.2 Å². The summed E-state index contributed by atoms with van der Waals surface area (Å²) in [6.07, 6.45) is 0.932. The number of alkyl halides is 2. The molecule has 0 radical (unpaired) electrons. The number of benzene rings is 1. The van der Waals surface area contributed by atoms with Crippen molar-refractivity contribution in [2.45, 2.75) is 51.7 Å². The third kappa shape index (κ3) is 6.97. The van der Waals surface area contributed by atoms with Gasteiger partial charge in [-0.15, -0.1) is 10.2 Å². The molecule has 3 aromatic rings. The number of hydrogen-bond acceptors (Lipinski definition) is 7. The summed E-state index contributed by atoms with van der Waals surface area (Å²) in [5.41, 5.74) is 1.72. The third-order valence-corrected chi connectivity index (χ3v) is 5.75. The van der Waals surface area contributed by atoms with Gasteiger partial charge in [-0.1, -0.05) is 28.1 Å². The van der Waals surface area contributed by atoms with E-state index in [1.807, 2.05) is 6.92 Å². The van der Waals surface area contributed by atoms with E-state index in [9.17, 15) is 22.8 Å². The van der Waals surface area contributed by atoms with Crippen LogP contribution >= 0.6 is 0 Å². The SMILES string of the molecule is Cc1ccc(F)c(CNC(=O)c2cn(CCC(F)Cn3cc(CC(=O)CN4CC(F)C4)nn3)nn2)c1. The zero-order valence-electron chi connectivity index (χ0n) is 19.8. The molecule has 1 aliphatic heterocycles. The summed E-state index contributed by atoms with van der Waals surface area (Å²) in [4.78, 5) is 26.0. The number of likely N-dealkylation sites (tertiary alicyclic amines) is 1. The van der Waals surface area contributed by atoms with Crippen LogP contribution in [-0.2, 0) is 30.8 Å². The second-order valence-corrected chi connectivity index (χ2v) is 8.97. The molecule has 1 fully saturated rings. The molecule has 0 aliphatic carbocycles. The van der Waals surface area contributed by atoms with Crippen molar-refractivity contribution in [1.29, 1.82) is 0 Å². The zero-order chi connectivity index (χ0) is 25.7. The van der Waals surface area contributed by atoms with E-state index in [1.165, 1.54) is 27.8 Å². The quantitative estimate of drug-likeness (QED) is 0.397. The second-order valence-electron chi connectivity index (χ2n) is 8.97. The molecule has 192 valence electrons. The van der Waals surface area contributed by atoms with Gasteiger partial charge in [0.2, 0.25) is 0 Å². The number of carbonyl (C=O) groups is 2. The summed E-state index contributed by atoms with van der Waals surface area (Å²) in [6.45, 7) is 2.67. The molecule has 36 heavy (non-hydrogen) atoms. The number of hydrogen-bond donors (Lipinski definition) is 1. The van der Waals surface area contributed by atoms with E-state index in [4.69, 9.17) is 0 Å². The van der Waals surface area contributed by atoms with E-state index in [0.29, 0.717) is 11.3 Å². The van der Waals surface area contributed by atoms with Crippen LogP contribution in [0.2, 0.25) is 0 Å². The average Bonchev–Trinajstić information content (AvgIpc) is 3.46. The van der Waals surface area contributed by atoms with Crippen LogP contribution in [0.4, 0.5) is 13.2 Å². The van der Waals surface area contributed by atoms with Gasteiger partial charge in [-0.3, -0.25) is 19.2 Å². The standard InChI is InChI=1S/C23H27F3N8O2/c1-15-2-3-21(26)16(6-15)8-27-23(36)22-14-33(31-29-22)5-4-17(24)11-34-12-19(28-30-34)7-20(35)13-32-9-18(25)10-32/h2-3,6,12,14,17-18H,4-5,7-11,13H2,1H3,(H,27,36). The minimum atomic E-state index is -1.27. The van der Waals surface area contributed by atoms with Crippen molar-refractivity contribution in [3.8, 4) is 0 Å². The number of nitrogens with zero attached hydrogens (tertiary/aromatic N) is 7. The number of rotatable bonds is 12. The Bertz CT molecular complexity index is 1210. The molecule has 1 aliphatic rings. The molecule has 1 N–H and O–H groups in total. The molecular formula is C23H27F3N8O2. The molecule has 0 spiro atoms. The summed E-state index contributed by atoms with van der Waals surface area (Å²) in [5.74, 6) is -1.02. The molecule has 0 bridgehead atoms. The summed E-state index contributed by atoms with van der Waals surface area (Å²) >= 11 is 0. The molecule has 13 heteroatoms. The number of amides is 1. The van der Waals surface area contributed by atoms with Gasteiger partial charge in [-0.2, -0.15) is 0 Å². The Morgan fingerprint density at radius 3 is 2.72 bits per heavy atom. The van der Waals surface area contributed by atoms with Crippen LogP contribution in [0.5, 0.6) is 0 Å². The molecule has 0 saturated carbocycles. The number of carbonyl (C=O) groups excluding carboxylic acids is 2. The molecule has 3 heterocycles. The first-order valence-corrected chi connectivity index (χ1v) is 11.6. The van der Waals surface area contributed by atoms with Crippen LogP contribution < -0.4 is 5.32 Å². The zero-order valence-corrected chi connectivity index (χ0v) is 19.8. The highest BCUT2D eigenvalue weighted by Crippen LogP contribution is 2.12. The number of aromatic nitrogens is 6. The van der Waals surface area contributed by atoms with Crippen molar-refractivity contribution < 1.29 is 22.8 Å². The summed E-state index contributed by atoms with van der Waals surface area (Å²) < 4.78 is 43.8. The number of ketones is 1. The average molecular weight is 505 g/mol. The van der Waals surface area contributed by atoms with E-state index < -0.39 is 24.1 Å². The lowest BCUT2D eigenvalue weighted by Crippen LogP contribution is -2.50. The highest BCUT2D eigenvalue weighted by molar-refractivity contribution is 5.91. The molecule has 1 atom stereocenters. The van der Waals surface area contributed by atoms with Gasteiger partial charge in [0.15, 0.2) is 11.5 Å². The van der Waals surface area contributed by atoms with Crippen LogP contribution in [0.3, 0.4) is 0 Å². The topological polar surface area (TPSA) is 111 Å². The molecule has 10 nitrogen and oxygen atoms in total. The van der Waals surface area contributed by atoms with Gasteiger partial charge in [-0.25, -0.2) is 17.9 Å². The van der Waals surface area contributed by atoms with Crippen molar-refractivity contribution in [2.75, 3.05) is 19.6 Å². The Balaban J connectivity index is 1.19. The summed E-state index contributed by atoms with van der Waals surface area (Å²) in [5, 5.41) is 18.0. The van der Waals surface area contributed by atoms with E-state index in [2.05, 4.69) is 25.9 Å². The number of Topliss-reactive ketones (excluding diaryl/α,β-unsaturated/α-hetero) is 1. The summed E-state index contributed by atoms with van der Waals surface area (Å²) in [6, 6.07) is 4.64. The Kier molecular flexibility index (Phi) is 8.08.